The highest BCUT2D eigenvalue weighted by atomic mass is 32.1. The number of hydrogen-bond donors (Lipinski definition) is 2. The summed E-state index contributed by atoms with van der Waals surface area (Å²) in [4.78, 5) is 0. The number of alkyl halides is 3. The lowest BCUT2D eigenvalue weighted by Gasteiger charge is -2.14. The first-order valence-corrected chi connectivity index (χ1v) is 6.47. The van der Waals surface area contributed by atoms with E-state index in [1.807, 2.05) is 24.6 Å². The van der Waals surface area contributed by atoms with Crippen LogP contribution in [0.3, 0.4) is 0 Å². The fraction of sp³-hybridized carbons (Fsp3) is 0.143. The Hall–Kier alpha value is -2.02. The van der Waals surface area contributed by atoms with Gasteiger partial charge in [0.15, 0.2) is 5.11 Å². The van der Waals surface area contributed by atoms with Crippen molar-refractivity contribution in [1.82, 2.24) is 5.32 Å². The number of hydrogen-bond acceptors (Lipinski definition) is 2. The Kier molecular flexibility index (Phi) is 4.85. The second-order valence-electron chi connectivity index (χ2n) is 4.14. The molecule has 0 heterocycles. The molecule has 0 amide bonds. The number of rotatable bonds is 3. The minimum absolute atomic E-state index is 0.289. The van der Waals surface area contributed by atoms with Gasteiger partial charge in [-0.3, -0.25) is 0 Å². The molecule has 0 aliphatic heterocycles. The van der Waals surface area contributed by atoms with Crippen molar-refractivity contribution >= 4 is 23.0 Å². The van der Waals surface area contributed by atoms with Crippen molar-refractivity contribution in [2.75, 3.05) is 5.32 Å². The van der Waals surface area contributed by atoms with Gasteiger partial charge in [-0.25, -0.2) is 0 Å². The maximum atomic E-state index is 12.1. The Morgan fingerprint density at radius 2 is 2.05 bits per heavy atom. The first-order chi connectivity index (χ1) is 9.92. The molecule has 0 spiro atoms. The number of anilines is 1. The Balaban J connectivity index is 1.96. The molecule has 0 fully saturated rings. The van der Waals surface area contributed by atoms with Crippen molar-refractivity contribution in [3.8, 4) is 5.75 Å². The van der Waals surface area contributed by atoms with Gasteiger partial charge in [-0.2, -0.15) is 0 Å². The third kappa shape index (κ3) is 5.47. The number of halogens is 3. The van der Waals surface area contributed by atoms with Crippen LogP contribution in [0.25, 0.3) is 0 Å². The van der Waals surface area contributed by atoms with E-state index in [0.29, 0.717) is 5.69 Å². The van der Waals surface area contributed by atoms with Gasteiger partial charge in [0.25, 0.3) is 0 Å². The van der Waals surface area contributed by atoms with Crippen LogP contribution in [0.2, 0.25) is 0 Å². The summed E-state index contributed by atoms with van der Waals surface area (Å²) < 4.78 is 40.3. The van der Waals surface area contributed by atoms with E-state index in [1.54, 1.807) is 6.07 Å². The summed E-state index contributed by atoms with van der Waals surface area (Å²) in [7, 11) is 0. The van der Waals surface area contributed by atoms with Gasteiger partial charge in [0.05, 0.1) is 0 Å². The van der Waals surface area contributed by atoms with Crippen LogP contribution in [-0.2, 0) is 0 Å². The van der Waals surface area contributed by atoms with E-state index in [1.165, 1.54) is 18.2 Å². The third-order valence-electron chi connectivity index (χ3n) is 2.47. The highest BCUT2D eigenvalue weighted by Crippen LogP contribution is 2.25. The van der Waals surface area contributed by atoms with E-state index in [0.717, 1.165) is 12.1 Å². The molecule has 0 saturated carbocycles. The van der Waals surface area contributed by atoms with Gasteiger partial charge in [0.2, 0.25) is 0 Å². The molecule has 0 saturated heterocycles. The SMILES string of the molecule is FC(F)(F)Oc1cccc(NC(=S)NC2=CC[CH]C=C2)c1. The highest BCUT2D eigenvalue weighted by Gasteiger charge is 2.31. The molecule has 2 N–H and O–H groups in total. The summed E-state index contributed by atoms with van der Waals surface area (Å²) >= 11 is 5.10. The molecular formula is C14H12F3N2OS. The standard InChI is InChI=1S/C14H12F3N2OS/c15-14(16,17)20-12-8-4-7-11(9-12)19-13(21)18-10-5-2-1-3-6-10/h1-2,4-9H,3H2,(H2,18,19,21). The smallest absolute Gasteiger partial charge is 0.406 e. The first kappa shape index (κ1) is 15.4. The molecule has 3 nitrogen and oxygen atoms in total. The average molecular weight is 313 g/mol. The molecule has 2 rings (SSSR count). The van der Waals surface area contributed by atoms with E-state index in [9.17, 15) is 13.2 Å². The number of nitrogens with one attached hydrogen (secondary N) is 2. The van der Waals surface area contributed by atoms with Crippen molar-refractivity contribution in [2.45, 2.75) is 12.8 Å². The Morgan fingerprint density at radius 1 is 1.24 bits per heavy atom. The molecular weight excluding hydrogens is 301 g/mol. The molecule has 1 aliphatic carbocycles. The lowest BCUT2D eigenvalue weighted by Crippen LogP contribution is -2.27. The van der Waals surface area contributed by atoms with Gasteiger partial charge in [-0.05, 0) is 43.3 Å². The normalized spacial score (nSPS) is 14.3. The maximum Gasteiger partial charge on any atom is 0.573 e. The molecule has 0 unspecified atom stereocenters. The van der Waals surface area contributed by atoms with Crippen molar-refractivity contribution in [1.29, 1.82) is 0 Å². The molecule has 21 heavy (non-hydrogen) atoms. The zero-order valence-corrected chi connectivity index (χ0v) is 11.6. The molecule has 0 atom stereocenters. The van der Waals surface area contributed by atoms with E-state index in [-0.39, 0.29) is 10.9 Å². The minimum Gasteiger partial charge on any atom is -0.406 e. The van der Waals surface area contributed by atoms with Crippen LogP contribution < -0.4 is 15.4 Å². The van der Waals surface area contributed by atoms with E-state index in [2.05, 4.69) is 15.4 Å². The third-order valence-corrected chi connectivity index (χ3v) is 2.67. The predicted molar refractivity (Wildman–Crippen MR) is 78.6 cm³/mol. The molecule has 1 radical (unpaired) electrons. The zero-order chi connectivity index (χ0) is 15.3. The van der Waals surface area contributed by atoms with Crippen molar-refractivity contribution in [3.05, 3.63) is 54.6 Å². The molecule has 1 aromatic rings. The highest BCUT2D eigenvalue weighted by molar-refractivity contribution is 7.80. The Bertz CT molecular complexity index is 582. The summed E-state index contributed by atoms with van der Waals surface area (Å²) in [6.45, 7) is 0. The van der Waals surface area contributed by atoms with Gasteiger partial charge in [0, 0.05) is 17.5 Å². The van der Waals surface area contributed by atoms with Gasteiger partial charge >= 0.3 is 6.36 Å². The summed E-state index contributed by atoms with van der Waals surface area (Å²) in [5, 5.41) is 6.04. The van der Waals surface area contributed by atoms with Crippen molar-refractivity contribution < 1.29 is 17.9 Å². The first-order valence-electron chi connectivity index (χ1n) is 6.06. The van der Waals surface area contributed by atoms with Crippen LogP contribution in [-0.4, -0.2) is 11.5 Å². The van der Waals surface area contributed by atoms with Crippen LogP contribution in [0.5, 0.6) is 5.75 Å². The number of benzene rings is 1. The maximum absolute atomic E-state index is 12.1. The quantitative estimate of drug-likeness (QED) is 0.829. The van der Waals surface area contributed by atoms with Gasteiger partial charge < -0.3 is 15.4 Å². The summed E-state index contributed by atoms with van der Waals surface area (Å²) in [5.41, 5.74) is 1.24. The predicted octanol–water partition coefficient (Wildman–Crippen LogP) is 3.92. The minimum atomic E-state index is -4.72. The summed E-state index contributed by atoms with van der Waals surface area (Å²) in [6, 6.07) is 5.48. The van der Waals surface area contributed by atoms with Crippen LogP contribution in [0.1, 0.15) is 6.42 Å². The molecule has 0 bridgehead atoms. The van der Waals surface area contributed by atoms with Crippen molar-refractivity contribution in [2.24, 2.45) is 0 Å². The lowest BCUT2D eigenvalue weighted by atomic mass is 10.1. The molecule has 7 heteroatoms. The van der Waals surface area contributed by atoms with Gasteiger partial charge in [-0.15, -0.1) is 13.2 Å². The number of thiocarbonyl (C=S) groups is 1. The van der Waals surface area contributed by atoms with Gasteiger partial charge in [-0.1, -0.05) is 18.2 Å². The van der Waals surface area contributed by atoms with Crippen LogP contribution >= 0.6 is 12.2 Å². The average Bonchev–Trinajstić information content (AvgIpc) is 2.38. The Labute approximate surface area is 125 Å². The van der Waals surface area contributed by atoms with Crippen LogP contribution in [0, 0.1) is 6.42 Å². The molecule has 111 valence electrons. The lowest BCUT2D eigenvalue weighted by molar-refractivity contribution is -0.274. The summed E-state index contributed by atoms with van der Waals surface area (Å²) in [6.07, 6.45) is 3.75. The largest absolute Gasteiger partial charge is 0.573 e. The summed E-state index contributed by atoms with van der Waals surface area (Å²) in [5.74, 6) is -0.304. The second-order valence-corrected chi connectivity index (χ2v) is 4.55. The van der Waals surface area contributed by atoms with Crippen molar-refractivity contribution in [3.63, 3.8) is 0 Å². The second kappa shape index (κ2) is 6.62. The zero-order valence-electron chi connectivity index (χ0n) is 10.8. The molecule has 0 aromatic heterocycles. The van der Waals surface area contributed by atoms with E-state index >= 15 is 0 Å². The molecule has 1 aromatic carbocycles. The fourth-order valence-electron chi connectivity index (χ4n) is 1.67. The topological polar surface area (TPSA) is 33.3 Å². The number of ether oxygens (including phenoxy) is 1. The fourth-order valence-corrected chi connectivity index (χ4v) is 1.91. The van der Waals surface area contributed by atoms with E-state index in [4.69, 9.17) is 12.2 Å². The van der Waals surface area contributed by atoms with Crippen LogP contribution in [0.4, 0.5) is 18.9 Å². The van der Waals surface area contributed by atoms with Crippen LogP contribution in [0.15, 0.2) is 48.2 Å². The van der Waals surface area contributed by atoms with Gasteiger partial charge in [0.1, 0.15) is 5.75 Å². The van der Waals surface area contributed by atoms with E-state index < -0.39 is 6.36 Å². The monoisotopic (exact) mass is 313 g/mol. The number of allylic oxidation sites excluding steroid dienone is 3. The molecule has 1 aliphatic rings. The Morgan fingerprint density at radius 3 is 2.71 bits per heavy atom.